The first-order valence-corrected chi connectivity index (χ1v) is 4.93. The van der Waals surface area contributed by atoms with Crippen LogP contribution in [0.3, 0.4) is 0 Å². The Balaban J connectivity index is 2.51. The number of ether oxygens (including phenoxy) is 2. The Morgan fingerprint density at radius 1 is 1.73 bits per heavy atom. The maximum atomic E-state index is 11.1. The van der Waals surface area contributed by atoms with Crippen molar-refractivity contribution in [2.24, 2.45) is 5.92 Å². The fourth-order valence-corrected chi connectivity index (χ4v) is 1.78. The van der Waals surface area contributed by atoms with Crippen LogP contribution < -0.4 is 0 Å². The Kier molecular flexibility index (Phi) is 4.48. The maximum Gasteiger partial charge on any atom is 0.306 e. The molecule has 0 aromatic rings. The van der Waals surface area contributed by atoms with Crippen LogP contribution in [-0.4, -0.2) is 37.3 Å². The molecule has 0 radical (unpaired) electrons. The molecule has 0 bridgehead atoms. The van der Waals surface area contributed by atoms with E-state index in [2.05, 4.69) is 4.74 Å². The molecule has 86 valence electrons. The summed E-state index contributed by atoms with van der Waals surface area (Å²) in [5.74, 6) is -0.785. The Hall–Kier alpha value is -1.17. The van der Waals surface area contributed by atoms with Crippen LogP contribution in [0.15, 0.2) is 0 Å². The van der Waals surface area contributed by atoms with E-state index in [1.54, 1.807) is 0 Å². The molecule has 2 atom stereocenters. The molecule has 1 rings (SSSR count). The molecule has 0 amide bonds. The first-order valence-electron chi connectivity index (χ1n) is 4.93. The van der Waals surface area contributed by atoms with Gasteiger partial charge in [0.25, 0.3) is 0 Å². The van der Waals surface area contributed by atoms with Gasteiger partial charge in [-0.3, -0.25) is 14.9 Å². The molecular formula is C9H15NO5. The minimum atomic E-state index is -0.419. The molecule has 0 spiro atoms. The van der Waals surface area contributed by atoms with Gasteiger partial charge < -0.3 is 9.47 Å². The van der Waals surface area contributed by atoms with E-state index < -0.39 is 10.9 Å². The summed E-state index contributed by atoms with van der Waals surface area (Å²) in [7, 11) is 1.28. The number of nitro groups is 1. The van der Waals surface area contributed by atoms with Crippen molar-refractivity contribution in [3.63, 3.8) is 0 Å². The topological polar surface area (TPSA) is 78.7 Å². The lowest BCUT2D eigenvalue weighted by molar-refractivity contribution is -0.490. The van der Waals surface area contributed by atoms with Crippen molar-refractivity contribution in [3.05, 3.63) is 10.1 Å². The van der Waals surface area contributed by atoms with E-state index in [1.165, 1.54) is 7.11 Å². The van der Waals surface area contributed by atoms with Gasteiger partial charge in [-0.1, -0.05) is 0 Å². The molecule has 1 saturated heterocycles. The number of nitrogens with zero attached hydrogens (tertiary/aromatic N) is 1. The zero-order valence-corrected chi connectivity index (χ0v) is 8.68. The Bertz CT molecular complexity index is 237. The van der Waals surface area contributed by atoms with E-state index in [0.29, 0.717) is 6.61 Å². The second kappa shape index (κ2) is 5.65. The maximum absolute atomic E-state index is 11.1. The van der Waals surface area contributed by atoms with Crippen molar-refractivity contribution in [1.29, 1.82) is 0 Å². The predicted molar refractivity (Wildman–Crippen MR) is 51.0 cm³/mol. The largest absolute Gasteiger partial charge is 0.469 e. The van der Waals surface area contributed by atoms with Crippen LogP contribution in [0.25, 0.3) is 0 Å². The molecule has 0 aromatic carbocycles. The van der Waals surface area contributed by atoms with Crippen LogP contribution in [-0.2, 0) is 14.3 Å². The highest BCUT2D eigenvalue weighted by atomic mass is 16.6. The zero-order chi connectivity index (χ0) is 11.3. The number of methoxy groups -OCH3 is 1. The van der Waals surface area contributed by atoms with Crippen LogP contribution in [0.2, 0.25) is 0 Å². The van der Waals surface area contributed by atoms with Crippen LogP contribution >= 0.6 is 0 Å². The number of rotatable bonds is 5. The summed E-state index contributed by atoms with van der Waals surface area (Å²) in [5, 5.41) is 10.4. The normalized spacial score (nSPS) is 22.3. The van der Waals surface area contributed by atoms with E-state index in [1.807, 2.05) is 0 Å². The molecule has 1 fully saturated rings. The van der Waals surface area contributed by atoms with Gasteiger partial charge in [-0.2, -0.15) is 0 Å². The minimum Gasteiger partial charge on any atom is -0.469 e. The summed E-state index contributed by atoms with van der Waals surface area (Å²) in [5.41, 5.74) is 0. The molecule has 1 aliphatic heterocycles. The van der Waals surface area contributed by atoms with Crippen LogP contribution in [0.1, 0.15) is 19.3 Å². The average Bonchev–Trinajstić information content (AvgIpc) is 2.68. The summed E-state index contributed by atoms with van der Waals surface area (Å²) in [6, 6.07) is 0. The van der Waals surface area contributed by atoms with Gasteiger partial charge in [-0.05, 0) is 12.8 Å². The number of hydrogen-bond donors (Lipinski definition) is 0. The van der Waals surface area contributed by atoms with E-state index in [4.69, 9.17) is 4.74 Å². The third kappa shape index (κ3) is 3.83. The first-order chi connectivity index (χ1) is 7.13. The van der Waals surface area contributed by atoms with Gasteiger partial charge in [0.05, 0.1) is 25.6 Å². The minimum absolute atomic E-state index is 0.0577. The first kappa shape index (κ1) is 11.9. The lowest BCUT2D eigenvalue weighted by Crippen LogP contribution is -2.29. The number of carbonyl (C=O) groups excluding carboxylic acids is 1. The summed E-state index contributed by atoms with van der Waals surface area (Å²) >= 11 is 0. The SMILES string of the molecule is COC(=O)C[C@@H](C[N+](=O)[O-])[C@@H]1CCCO1. The molecule has 1 aliphatic rings. The summed E-state index contributed by atoms with van der Waals surface area (Å²) in [6.07, 6.45) is 1.58. The van der Waals surface area contributed by atoms with Crippen LogP contribution in [0, 0.1) is 16.0 Å². The third-order valence-electron chi connectivity index (χ3n) is 2.53. The highest BCUT2D eigenvalue weighted by Gasteiger charge is 2.31. The Morgan fingerprint density at radius 3 is 2.93 bits per heavy atom. The van der Waals surface area contributed by atoms with E-state index in [-0.39, 0.29) is 25.0 Å². The van der Waals surface area contributed by atoms with Crippen molar-refractivity contribution in [1.82, 2.24) is 0 Å². The lowest BCUT2D eigenvalue weighted by Gasteiger charge is -2.17. The summed E-state index contributed by atoms with van der Waals surface area (Å²) in [6.45, 7) is 0.389. The standard InChI is InChI=1S/C9H15NO5/c1-14-9(11)5-7(6-10(12)13)8-3-2-4-15-8/h7-8H,2-6H2,1H3/t7-,8-/m0/s1. The van der Waals surface area contributed by atoms with Crippen molar-refractivity contribution in [2.45, 2.75) is 25.4 Å². The molecule has 0 unspecified atom stereocenters. The smallest absolute Gasteiger partial charge is 0.306 e. The van der Waals surface area contributed by atoms with Gasteiger partial charge in [-0.15, -0.1) is 0 Å². The van der Waals surface area contributed by atoms with E-state index in [0.717, 1.165) is 12.8 Å². The molecule has 15 heavy (non-hydrogen) atoms. The average molecular weight is 217 g/mol. The zero-order valence-electron chi connectivity index (χ0n) is 8.68. The monoisotopic (exact) mass is 217 g/mol. The van der Waals surface area contributed by atoms with Crippen molar-refractivity contribution in [2.75, 3.05) is 20.3 Å². The van der Waals surface area contributed by atoms with Gasteiger partial charge in [-0.25, -0.2) is 0 Å². The fourth-order valence-electron chi connectivity index (χ4n) is 1.78. The van der Waals surface area contributed by atoms with E-state index in [9.17, 15) is 14.9 Å². The summed E-state index contributed by atoms with van der Waals surface area (Å²) < 4.78 is 9.85. The highest BCUT2D eigenvalue weighted by Crippen LogP contribution is 2.23. The molecule has 0 N–H and O–H groups in total. The van der Waals surface area contributed by atoms with Crippen molar-refractivity contribution in [3.8, 4) is 0 Å². The third-order valence-corrected chi connectivity index (χ3v) is 2.53. The van der Waals surface area contributed by atoms with E-state index >= 15 is 0 Å². The van der Waals surface area contributed by atoms with Crippen molar-refractivity contribution < 1.29 is 19.2 Å². The Labute approximate surface area is 87.7 Å². The molecule has 0 aliphatic carbocycles. The van der Waals surface area contributed by atoms with Crippen molar-refractivity contribution >= 4 is 5.97 Å². The second-order valence-electron chi connectivity index (χ2n) is 3.61. The van der Waals surface area contributed by atoms with Gasteiger partial charge in [0.15, 0.2) is 0 Å². The Morgan fingerprint density at radius 2 is 2.47 bits per heavy atom. The van der Waals surface area contributed by atoms with Crippen LogP contribution in [0.5, 0.6) is 0 Å². The molecule has 6 heteroatoms. The fraction of sp³-hybridized carbons (Fsp3) is 0.889. The molecule has 1 heterocycles. The second-order valence-corrected chi connectivity index (χ2v) is 3.61. The molecule has 0 saturated carbocycles. The molecule has 0 aromatic heterocycles. The van der Waals surface area contributed by atoms with Gasteiger partial charge in [0.1, 0.15) is 0 Å². The number of esters is 1. The molecule has 6 nitrogen and oxygen atoms in total. The summed E-state index contributed by atoms with van der Waals surface area (Å²) in [4.78, 5) is 21.1. The quantitative estimate of drug-likeness (QED) is 0.383. The van der Waals surface area contributed by atoms with Gasteiger partial charge >= 0.3 is 5.97 Å². The predicted octanol–water partition coefficient (Wildman–Crippen LogP) is 0.621. The lowest BCUT2D eigenvalue weighted by atomic mass is 9.96. The highest BCUT2D eigenvalue weighted by molar-refractivity contribution is 5.69. The number of carbonyl (C=O) groups is 1. The van der Waals surface area contributed by atoms with Crippen LogP contribution in [0.4, 0.5) is 0 Å². The number of hydrogen-bond acceptors (Lipinski definition) is 5. The molecular weight excluding hydrogens is 202 g/mol. The van der Waals surface area contributed by atoms with Gasteiger partial charge in [0, 0.05) is 11.5 Å². The van der Waals surface area contributed by atoms with Gasteiger partial charge in [0.2, 0.25) is 6.54 Å².